The number of carbonyl (C=O) groups is 1. The summed E-state index contributed by atoms with van der Waals surface area (Å²) in [7, 11) is 0. The SMILES string of the molecule is O=C(c1cc[c]cc1)c1ccc(Cl)cc1. The minimum atomic E-state index is 0.000617. The Bertz CT molecular complexity index is 460. The average Bonchev–Trinajstić information content (AvgIpc) is 2.30. The summed E-state index contributed by atoms with van der Waals surface area (Å²) >= 11 is 5.75. The van der Waals surface area contributed by atoms with Crippen molar-refractivity contribution in [3.05, 3.63) is 70.7 Å². The second kappa shape index (κ2) is 4.28. The molecule has 0 spiro atoms. The molecule has 1 nitrogen and oxygen atoms in total. The highest BCUT2D eigenvalue weighted by Crippen LogP contribution is 2.13. The van der Waals surface area contributed by atoms with E-state index < -0.39 is 0 Å². The van der Waals surface area contributed by atoms with E-state index in [4.69, 9.17) is 11.6 Å². The van der Waals surface area contributed by atoms with E-state index in [9.17, 15) is 4.79 Å². The molecule has 0 saturated heterocycles. The number of ketones is 1. The zero-order valence-corrected chi connectivity index (χ0v) is 8.66. The Balaban J connectivity index is 2.33. The Labute approximate surface area is 93.3 Å². The Morgan fingerprint density at radius 2 is 1.47 bits per heavy atom. The molecule has 73 valence electrons. The fourth-order valence-corrected chi connectivity index (χ4v) is 1.43. The van der Waals surface area contributed by atoms with Crippen molar-refractivity contribution in [2.24, 2.45) is 0 Å². The lowest BCUT2D eigenvalue weighted by Crippen LogP contribution is -2.00. The fourth-order valence-electron chi connectivity index (χ4n) is 1.31. The molecule has 2 heteroatoms. The highest BCUT2D eigenvalue weighted by atomic mass is 35.5. The lowest BCUT2D eigenvalue weighted by atomic mass is 10.0. The lowest BCUT2D eigenvalue weighted by Gasteiger charge is -2.00. The summed E-state index contributed by atoms with van der Waals surface area (Å²) in [5.41, 5.74) is 1.31. The van der Waals surface area contributed by atoms with Crippen LogP contribution in [0, 0.1) is 6.07 Å². The van der Waals surface area contributed by atoms with Gasteiger partial charge in [0.05, 0.1) is 0 Å². The molecule has 0 aliphatic rings. The Kier molecular flexibility index (Phi) is 2.84. The van der Waals surface area contributed by atoms with Crippen molar-refractivity contribution >= 4 is 17.4 Å². The van der Waals surface area contributed by atoms with E-state index in [1.54, 1.807) is 48.5 Å². The van der Waals surface area contributed by atoms with Gasteiger partial charge < -0.3 is 0 Å². The predicted octanol–water partition coefficient (Wildman–Crippen LogP) is 3.37. The molecular formula is C13H8ClO. The molecule has 1 radical (unpaired) electrons. The largest absolute Gasteiger partial charge is 0.289 e. The average molecular weight is 216 g/mol. The third kappa shape index (κ3) is 2.25. The van der Waals surface area contributed by atoms with Crippen LogP contribution in [0.1, 0.15) is 15.9 Å². The normalized spacial score (nSPS) is 9.93. The van der Waals surface area contributed by atoms with Gasteiger partial charge >= 0.3 is 0 Å². The third-order valence-corrected chi connectivity index (χ3v) is 2.34. The first kappa shape index (κ1) is 9.94. The molecule has 2 aromatic carbocycles. The molecular weight excluding hydrogens is 208 g/mol. The molecule has 15 heavy (non-hydrogen) atoms. The summed E-state index contributed by atoms with van der Waals surface area (Å²) in [4.78, 5) is 11.9. The third-order valence-electron chi connectivity index (χ3n) is 2.09. The van der Waals surface area contributed by atoms with E-state index in [-0.39, 0.29) is 5.78 Å². The van der Waals surface area contributed by atoms with Crippen LogP contribution < -0.4 is 0 Å². The molecule has 2 aromatic rings. The Morgan fingerprint density at radius 3 is 2.07 bits per heavy atom. The first-order valence-corrected chi connectivity index (χ1v) is 4.91. The van der Waals surface area contributed by atoms with Gasteiger partial charge in [-0.1, -0.05) is 35.9 Å². The zero-order valence-electron chi connectivity index (χ0n) is 7.91. The minimum absolute atomic E-state index is 0.000617. The van der Waals surface area contributed by atoms with Crippen LogP contribution in [0.2, 0.25) is 5.02 Å². The van der Waals surface area contributed by atoms with E-state index in [2.05, 4.69) is 6.07 Å². The predicted molar refractivity (Wildman–Crippen MR) is 60.2 cm³/mol. The molecule has 0 atom stereocenters. The maximum Gasteiger partial charge on any atom is 0.193 e. The number of hydrogen-bond donors (Lipinski definition) is 0. The first-order chi connectivity index (χ1) is 7.27. The van der Waals surface area contributed by atoms with Crippen molar-refractivity contribution in [3.63, 3.8) is 0 Å². The number of carbonyl (C=O) groups excluding carboxylic acids is 1. The van der Waals surface area contributed by atoms with Gasteiger partial charge in [-0.05, 0) is 30.3 Å². The molecule has 0 N–H and O–H groups in total. The van der Waals surface area contributed by atoms with Crippen molar-refractivity contribution in [1.29, 1.82) is 0 Å². The number of rotatable bonds is 2. The van der Waals surface area contributed by atoms with Gasteiger partial charge in [0.1, 0.15) is 0 Å². The van der Waals surface area contributed by atoms with Gasteiger partial charge in [-0.25, -0.2) is 0 Å². The van der Waals surface area contributed by atoms with Crippen LogP contribution in [-0.2, 0) is 0 Å². The second-order valence-corrected chi connectivity index (χ2v) is 3.56. The van der Waals surface area contributed by atoms with Gasteiger partial charge in [-0.3, -0.25) is 4.79 Å². The summed E-state index contributed by atoms with van der Waals surface area (Å²) < 4.78 is 0. The molecule has 0 fully saturated rings. The Morgan fingerprint density at radius 1 is 0.933 bits per heavy atom. The van der Waals surface area contributed by atoms with Gasteiger partial charge in [0.25, 0.3) is 0 Å². The molecule has 0 unspecified atom stereocenters. The summed E-state index contributed by atoms with van der Waals surface area (Å²) in [6.07, 6.45) is 0. The first-order valence-electron chi connectivity index (χ1n) is 4.54. The number of halogens is 1. The second-order valence-electron chi connectivity index (χ2n) is 3.12. The summed E-state index contributed by atoms with van der Waals surface area (Å²) in [6, 6.07) is 16.7. The van der Waals surface area contributed by atoms with Gasteiger partial charge in [0.2, 0.25) is 0 Å². The van der Waals surface area contributed by atoms with Crippen molar-refractivity contribution in [1.82, 2.24) is 0 Å². The molecule has 0 aliphatic carbocycles. The van der Waals surface area contributed by atoms with Crippen molar-refractivity contribution in [3.8, 4) is 0 Å². The van der Waals surface area contributed by atoms with Crippen molar-refractivity contribution in [2.45, 2.75) is 0 Å². The smallest absolute Gasteiger partial charge is 0.193 e. The van der Waals surface area contributed by atoms with E-state index >= 15 is 0 Å². The molecule has 2 rings (SSSR count). The summed E-state index contributed by atoms with van der Waals surface area (Å²) in [5, 5.41) is 0.632. The molecule has 0 bridgehead atoms. The van der Waals surface area contributed by atoms with Gasteiger partial charge in [-0.15, -0.1) is 0 Å². The highest BCUT2D eigenvalue weighted by molar-refractivity contribution is 6.30. The van der Waals surface area contributed by atoms with Gasteiger partial charge in [-0.2, -0.15) is 0 Å². The lowest BCUT2D eigenvalue weighted by molar-refractivity contribution is 0.103. The van der Waals surface area contributed by atoms with Crippen LogP contribution in [-0.4, -0.2) is 5.78 Å². The molecule has 0 saturated carbocycles. The van der Waals surface area contributed by atoms with E-state index in [1.807, 2.05) is 0 Å². The Hall–Kier alpha value is -1.60. The standard InChI is InChI=1S/C13H8ClO/c14-12-8-6-11(7-9-12)13(15)10-4-2-1-3-5-10/h2-9H. The van der Waals surface area contributed by atoms with Crippen LogP contribution in [0.25, 0.3) is 0 Å². The molecule has 0 aliphatic heterocycles. The van der Waals surface area contributed by atoms with E-state index in [0.717, 1.165) is 0 Å². The van der Waals surface area contributed by atoms with Crippen LogP contribution in [0.15, 0.2) is 48.5 Å². The van der Waals surface area contributed by atoms with Crippen LogP contribution in [0.3, 0.4) is 0 Å². The maximum atomic E-state index is 11.9. The van der Waals surface area contributed by atoms with E-state index in [0.29, 0.717) is 16.1 Å². The maximum absolute atomic E-state index is 11.9. The molecule has 0 amide bonds. The minimum Gasteiger partial charge on any atom is -0.289 e. The van der Waals surface area contributed by atoms with Crippen LogP contribution in [0.5, 0.6) is 0 Å². The zero-order chi connectivity index (χ0) is 10.7. The van der Waals surface area contributed by atoms with Crippen molar-refractivity contribution < 1.29 is 4.79 Å². The van der Waals surface area contributed by atoms with E-state index in [1.165, 1.54) is 0 Å². The van der Waals surface area contributed by atoms with Crippen LogP contribution in [0.4, 0.5) is 0 Å². The summed E-state index contributed by atoms with van der Waals surface area (Å²) in [6.45, 7) is 0. The van der Waals surface area contributed by atoms with Crippen LogP contribution >= 0.6 is 11.6 Å². The number of hydrogen-bond acceptors (Lipinski definition) is 1. The number of benzene rings is 2. The quantitative estimate of drug-likeness (QED) is 0.702. The fraction of sp³-hybridized carbons (Fsp3) is 0. The monoisotopic (exact) mass is 215 g/mol. The van der Waals surface area contributed by atoms with Gasteiger partial charge in [0.15, 0.2) is 5.78 Å². The molecule has 0 heterocycles. The summed E-state index contributed by atoms with van der Waals surface area (Å²) in [5.74, 6) is 0.000617. The topological polar surface area (TPSA) is 17.1 Å². The van der Waals surface area contributed by atoms with Crippen molar-refractivity contribution in [2.75, 3.05) is 0 Å². The van der Waals surface area contributed by atoms with Gasteiger partial charge in [0, 0.05) is 16.1 Å². The molecule has 0 aromatic heterocycles. The highest BCUT2D eigenvalue weighted by Gasteiger charge is 2.07.